The molecule has 5 heteroatoms. The van der Waals surface area contributed by atoms with Gasteiger partial charge in [0.05, 0.1) is 7.11 Å². The topological polar surface area (TPSA) is 49.9 Å². The molecule has 0 atom stereocenters. The van der Waals surface area contributed by atoms with Gasteiger partial charge in [-0.05, 0) is 42.9 Å². The normalized spacial score (nSPS) is 18.3. The third kappa shape index (κ3) is 3.97. The van der Waals surface area contributed by atoms with Crippen LogP contribution >= 0.6 is 0 Å². The van der Waals surface area contributed by atoms with Crippen molar-refractivity contribution >= 4 is 11.8 Å². The molecule has 1 saturated heterocycles. The van der Waals surface area contributed by atoms with Gasteiger partial charge in [-0.15, -0.1) is 0 Å². The average Bonchev–Trinajstić information content (AvgIpc) is 2.58. The fraction of sp³-hybridized carbons (Fsp3) is 0.636. The van der Waals surface area contributed by atoms with Crippen molar-refractivity contribution in [1.29, 1.82) is 0 Å². The third-order valence-electron chi connectivity index (χ3n) is 5.92. The standard InChI is InChI=1S/C22H32N2O3/c1-15-13-19(27-5)18(22(2,3)4)14-17(15)21(26)24-11-9-23(10-12-24)20(25)16-7-6-8-16/h13-14,16H,6-12H2,1-5H3. The van der Waals surface area contributed by atoms with Crippen LogP contribution in [0.3, 0.4) is 0 Å². The van der Waals surface area contributed by atoms with Gasteiger partial charge in [-0.1, -0.05) is 27.2 Å². The fourth-order valence-electron chi connectivity index (χ4n) is 3.88. The van der Waals surface area contributed by atoms with E-state index in [4.69, 9.17) is 4.74 Å². The van der Waals surface area contributed by atoms with Gasteiger partial charge in [-0.25, -0.2) is 0 Å². The van der Waals surface area contributed by atoms with Crippen LogP contribution in [0.4, 0.5) is 0 Å². The van der Waals surface area contributed by atoms with Crippen LogP contribution in [0.15, 0.2) is 12.1 Å². The number of nitrogens with zero attached hydrogens (tertiary/aromatic N) is 2. The Bertz CT molecular complexity index is 724. The molecule has 0 spiro atoms. The number of amides is 2. The van der Waals surface area contributed by atoms with Crippen LogP contribution in [-0.2, 0) is 10.2 Å². The molecule has 1 saturated carbocycles. The highest BCUT2D eigenvalue weighted by molar-refractivity contribution is 5.96. The molecule has 27 heavy (non-hydrogen) atoms. The smallest absolute Gasteiger partial charge is 0.254 e. The Kier molecular flexibility index (Phi) is 5.50. The summed E-state index contributed by atoms with van der Waals surface area (Å²) in [6, 6.07) is 3.95. The van der Waals surface area contributed by atoms with E-state index in [9.17, 15) is 9.59 Å². The number of hydrogen-bond acceptors (Lipinski definition) is 3. The third-order valence-corrected chi connectivity index (χ3v) is 5.92. The van der Waals surface area contributed by atoms with E-state index in [1.165, 1.54) is 6.42 Å². The van der Waals surface area contributed by atoms with Crippen LogP contribution in [0.25, 0.3) is 0 Å². The van der Waals surface area contributed by atoms with Crippen LogP contribution < -0.4 is 4.74 Å². The molecule has 2 fully saturated rings. The van der Waals surface area contributed by atoms with Crippen molar-refractivity contribution in [1.82, 2.24) is 9.80 Å². The van der Waals surface area contributed by atoms with Crippen LogP contribution in [0.2, 0.25) is 0 Å². The van der Waals surface area contributed by atoms with E-state index in [1.807, 2.05) is 28.9 Å². The molecule has 2 amide bonds. The molecule has 0 radical (unpaired) electrons. The Morgan fingerprint density at radius 3 is 2.11 bits per heavy atom. The molecule has 0 unspecified atom stereocenters. The van der Waals surface area contributed by atoms with E-state index in [0.29, 0.717) is 26.2 Å². The summed E-state index contributed by atoms with van der Waals surface area (Å²) in [5.41, 5.74) is 2.59. The number of methoxy groups -OCH3 is 1. The second kappa shape index (κ2) is 7.53. The van der Waals surface area contributed by atoms with Crippen molar-refractivity contribution in [3.8, 4) is 5.75 Å². The molecule has 5 nitrogen and oxygen atoms in total. The molecule has 1 aromatic carbocycles. The summed E-state index contributed by atoms with van der Waals surface area (Å²) in [7, 11) is 1.67. The molecule has 2 aliphatic rings. The Morgan fingerprint density at radius 1 is 1.04 bits per heavy atom. The van der Waals surface area contributed by atoms with Crippen LogP contribution in [-0.4, -0.2) is 54.9 Å². The van der Waals surface area contributed by atoms with Gasteiger partial charge in [-0.2, -0.15) is 0 Å². The van der Waals surface area contributed by atoms with E-state index in [2.05, 4.69) is 20.8 Å². The van der Waals surface area contributed by atoms with Crippen LogP contribution in [0.1, 0.15) is 61.5 Å². The summed E-state index contributed by atoms with van der Waals surface area (Å²) in [5, 5.41) is 0. The molecule has 148 valence electrons. The number of piperazine rings is 1. The van der Waals surface area contributed by atoms with Gasteiger partial charge in [0.15, 0.2) is 0 Å². The minimum atomic E-state index is -0.109. The quantitative estimate of drug-likeness (QED) is 0.817. The predicted octanol–water partition coefficient (Wildman–Crippen LogP) is 3.39. The zero-order valence-corrected chi connectivity index (χ0v) is 17.3. The maximum absolute atomic E-state index is 13.2. The lowest BCUT2D eigenvalue weighted by Gasteiger charge is -2.38. The first-order valence-electron chi connectivity index (χ1n) is 9.99. The van der Waals surface area contributed by atoms with E-state index < -0.39 is 0 Å². The lowest BCUT2D eigenvalue weighted by atomic mass is 9.84. The number of carbonyl (C=O) groups excluding carboxylic acids is 2. The van der Waals surface area contributed by atoms with Crippen molar-refractivity contribution in [3.05, 3.63) is 28.8 Å². The Labute approximate surface area is 162 Å². The van der Waals surface area contributed by atoms with E-state index in [0.717, 1.165) is 35.3 Å². The molecule has 1 aliphatic carbocycles. The highest BCUT2D eigenvalue weighted by Crippen LogP contribution is 2.34. The Morgan fingerprint density at radius 2 is 1.63 bits per heavy atom. The number of ether oxygens (including phenoxy) is 1. The largest absolute Gasteiger partial charge is 0.496 e. The summed E-state index contributed by atoms with van der Waals surface area (Å²) in [6.45, 7) is 10.8. The molecule has 3 rings (SSSR count). The van der Waals surface area contributed by atoms with E-state index >= 15 is 0 Å². The van der Waals surface area contributed by atoms with Crippen molar-refractivity contribution < 1.29 is 14.3 Å². The van der Waals surface area contributed by atoms with Gasteiger partial charge in [0.1, 0.15) is 5.75 Å². The molecule has 1 aromatic rings. The number of benzene rings is 1. The lowest BCUT2D eigenvalue weighted by molar-refractivity contribution is -0.139. The summed E-state index contributed by atoms with van der Waals surface area (Å²) in [5.74, 6) is 1.39. The number of aryl methyl sites for hydroxylation is 1. The van der Waals surface area contributed by atoms with Gasteiger partial charge in [0.2, 0.25) is 5.91 Å². The summed E-state index contributed by atoms with van der Waals surface area (Å²) in [4.78, 5) is 29.4. The van der Waals surface area contributed by atoms with Gasteiger partial charge in [-0.3, -0.25) is 9.59 Å². The molecule has 0 bridgehead atoms. The van der Waals surface area contributed by atoms with Crippen LogP contribution in [0.5, 0.6) is 5.75 Å². The second-order valence-electron chi connectivity index (χ2n) is 8.86. The number of rotatable bonds is 3. The predicted molar refractivity (Wildman–Crippen MR) is 106 cm³/mol. The molecular weight excluding hydrogens is 340 g/mol. The monoisotopic (exact) mass is 372 g/mol. The molecule has 1 aliphatic heterocycles. The summed E-state index contributed by atoms with van der Waals surface area (Å²) >= 11 is 0. The first kappa shape index (κ1) is 19.7. The zero-order chi connectivity index (χ0) is 19.8. The molecule has 0 aromatic heterocycles. The SMILES string of the molecule is COc1cc(C)c(C(=O)N2CCN(C(=O)C3CCC3)CC2)cc1C(C)(C)C. The number of hydrogen-bond donors (Lipinski definition) is 0. The molecule has 0 N–H and O–H groups in total. The van der Waals surface area contributed by atoms with Crippen molar-refractivity contribution in [2.75, 3.05) is 33.3 Å². The van der Waals surface area contributed by atoms with Crippen molar-refractivity contribution in [2.24, 2.45) is 5.92 Å². The Hall–Kier alpha value is -2.04. The summed E-state index contributed by atoms with van der Waals surface area (Å²) < 4.78 is 5.54. The van der Waals surface area contributed by atoms with Crippen LogP contribution in [0, 0.1) is 12.8 Å². The minimum Gasteiger partial charge on any atom is -0.496 e. The zero-order valence-electron chi connectivity index (χ0n) is 17.3. The first-order valence-corrected chi connectivity index (χ1v) is 9.99. The average molecular weight is 373 g/mol. The molecule has 1 heterocycles. The van der Waals surface area contributed by atoms with Gasteiger partial charge in [0.25, 0.3) is 5.91 Å². The minimum absolute atomic E-state index is 0.0522. The highest BCUT2D eigenvalue weighted by Gasteiger charge is 2.33. The summed E-state index contributed by atoms with van der Waals surface area (Å²) in [6.07, 6.45) is 3.22. The Balaban J connectivity index is 1.73. The highest BCUT2D eigenvalue weighted by atomic mass is 16.5. The van der Waals surface area contributed by atoms with E-state index in [-0.39, 0.29) is 23.1 Å². The maximum atomic E-state index is 13.2. The van der Waals surface area contributed by atoms with Gasteiger partial charge in [0, 0.05) is 43.2 Å². The number of carbonyl (C=O) groups is 2. The van der Waals surface area contributed by atoms with Gasteiger partial charge < -0.3 is 14.5 Å². The van der Waals surface area contributed by atoms with Crippen molar-refractivity contribution in [3.63, 3.8) is 0 Å². The van der Waals surface area contributed by atoms with Crippen molar-refractivity contribution in [2.45, 2.75) is 52.4 Å². The second-order valence-corrected chi connectivity index (χ2v) is 8.86. The van der Waals surface area contributed by atoms with E-state index in [1.54, 1.807) is 7.11 Å². The first-order chi connectivity index (χ1) is 12.7. The maximum Gasteiger partial charge on any atom is 0.254 e. The lowest BCUT2D eigenvalue weighted by Crippen LogP contribution is -2.52. The fourth-order valence-corrected chi connectivity index (χ4v) is 3.88. The van der Waals surface area contributed by atoms with Gasteiger partial charge >= 0.3 is 0 Å². The molecular formula is C22H32N2O3.